The molecule has 1 aliphatic rings. The summed E-state index contributed by atoms with van der Waals surface area (Å²) in [5, 5.41) is 8.84. The van der Waals surface area contributed by atoms with Gasteiger partial charge >= 0.3 is 6.03 Å². The summed E-state index contributed by atoms with van der Waals surface area (Å²) in [6, 6.07) is 6.43. The molecule has 0 aromatic heterocycles. The van der Waals surface area contributed by atoms with E-state index in [1.807, 2.05) is 0 Å². The SMILES string of the molecule is CCc1ccc(N2CCNCC2)c(CNC(=O)NC)c1. The van der Waals surface area contributed by atoms with Crippen molar-refractivity contribution in [3.05, 3.63) is 29.3 Å². The normalized spacial score (nSPS) is 15.0. The monoisotopic (exact) mass is 276 g/mol. The Labute approximate surface area is 120 Å². The Hall–Kier alpha value is -1.75. The van der Waals surface area contributed by atoms with Crippen LogP contribution in [0.1, 0.15) is 18.1 Å². The second-order valence-corrected chi connectivity index (χ2v) is 4.99. The zero-order valence-corrected chi connectivity index (χ0v) is 12.3. The van der Waals surface area contributed by atoms with Gasteiger partial charge in [0.1, 0.15) is 0 Å². The molecule has 1 fully saturated rings. The maximum Gasteiger partial charge on any atom is 0.314 e. The van der Waals surface area contributed by atoms with Gasteiger partial charge in [0.05, 0.1) is 0 Å². The lowest BCUT2D eigenvalue weighted by atomic mass is 10.1. The quantitative estimate of drug-likeness (QED) is 0.771. The molecule has 110 valence electrons. The molecule has 0 bridgehead atoms. The molecule has 1 saturated heterocycles. The number of nitrogens with zero attached hydrogens (tertiary/aromatic N) is 1. The summed E-state index contributed by atoms with van der Waals surface area (Å²) in [5.74, 6) is 0. The molecule has 0 radical (unpaired) electrons. The van der Waals surface area contributed by atoms with E-state index in [1.165, 1.54) is 16.8 Å². The highest BCUT2D eigenvalue weighted by Gasteiger charge is 2.14. The predicted octanol–water partition coefficient (Wildman–Crippen LogP) is 1.09. The Morgan fingerprint density at radius 3 is 2.75 bits per heavy atom. The Morgan fingerprint density at radius 2 is 2.10 bits per heavy atom. The van der Waals surface area contributed by atoms with E-state index in [-0.39, 0.29) is 6.03 Å². The minimum atomic E-state index is -0.141. The van der Waals surface area contributed by atoms with Gasteiger partial charge in [0.25, 0.3) is 0 Å². The van der Waals surface area contributed by atoms with Gasteiger partial charge in [-0.2, -0.15) is 0 Å². The zero-order valence-electron chi connectivity index (χ0n) is 12.3. The van der Waals surface area contributed by atoms with E-state index in [0.29, 0.717) is 6.54 Å². The number of nitrogens with one attached hydrogen (secondary N) is 3. The van der Waals surface area contributed by atoms with Crippen molar-refractivity contribution in [3.8, 4) is 0 Å². The summed E-state index contributed by atoms with van der Waals surface area (Å²) >= 11 is 0. The molecule has 2 rings (SSSR count). The number of benzene rings is 1. The average molecular weight is 276 g/mol. The first kappa shape index (κ1) is 14.7. The molecule has 1 aliphatic heterocycles. The van der Waals surface area contributed by atoms with Crippen molar-refractivity contribution in [2.45, 2.75) is 19.9 Å². The van der Waals surface area contributed by atoms with Crippen LogP contribution in [-0.2, 0) is 13.0 Å². The van der Waals surface area contributed by atoms with Gasteiger partial charge in [0, 0.05) is 45.5 Å². The van der Waals surface area contributed by atoms with Crippen LogP contribution >= 0.6 is 0 Å². The second-order valence-electron chi connectivity index (χ2n) is 4.99. The Bertz CT molecular complexity index is 455. The third kappa shape index (κ3) is 3.63. The first-order valence-corrected chi connectivity index (χ1v) is 7.27. The van der Waals surface area contributed by atoms with Crippen LogP contribution in [0, 0.1) is 0 Å². The number of hydrogen-bond donors (Lipinski definition) is 3. The van der Waals surface area contributed by atoms with Crippen LogP contribution < -0.4 is 20.9 Å². The Balaban J connectivity index is 2.17. The van der Waals surface area contributed by atoms with E-state index in [0.717, 1.165) is 32.6 Å². The van der Waals surface area contributed by atoms with Gasteiger partial charge in [-0.25, -0.2) is 4.79 Å². The zero-order chi connectivity index (χ0) is 14.4. The predicted molar refractivity (Wildman–Crippen MR) is 82.2 cm³/mol. The summed E-state index contributed by atoms with van der Waals surface area (Å²) in [6.45, 7) is 6.76. The highest BCUT2D eigenvalue weighted by molar-refractivity contribution is 5.73. The third-order valence-electron chi connectivity index (χ3n) is 3.68. The number of hydrogen-bond acceptors (Lipinski definition) is 3. The molecule has 3 N–H and O–H groups in total. The minimum absolute atomic E-state index is 0.141. The van der Waals surface area contributed by atoms with Crippen molar-refractivity contribution < 1.29 is 4.79 Å². The minimum Gasteiger partial charge on any atom is -0.369 e. The molecule has 0 spiro atoms. The molecule has 0 atom stereocenters. The number of rotatable bonds is 4. The van der Waals surface area contributed by atoms with Crippen LogP contribution in [0.2, 0.25) is 0 Å². The standard InChI is InChI=1S/C15H24N4O/c1-3-12-4-5-14(19-8-6-17-7-9-19)13(10-12)11-18-15(20)16-2/h4-5,10,17H,3,6-9,11H2,1-2H3,(H2,16,18,20). The molecule has 5 heteroatoms. The lowest BCUT2D eigenvalue weighted by Crippen LogP contribution is -2.44. The number of carbonyl (C=O) groups excluding carboxylic acids is 1. The summed E-state index contributed by atoms with van der Waals surface area (Å²) < 4.78 is 0. The van der Waals surface area contributed by atoms with Gasteiger partial charge in [-0.3, -0.25) is 0 Å². The van der Waals surface area contributed by atoms with Crippen LogP contribution in [0.5, 0.6) is 0 Å². The molecule has 1 aromatic carbocycles. The molecule has 0 aliphatic carbocycles. The molecule has 0 saturated carbocycles. The fourth-order valence-corrected chi connectivity index (χ4v) is 2.48. The van der Waals surface area contributed by atoms with E-state index in [4.69, 9.17) is 0 Å². The van der Waals surface area contributed by atoms with Crippen molar-refractivity contribution in [1.82, 2.24) is 16.0 Å². The maximum absolute atomic E-state index is 11.4. The fourth-order valence-electron chi connectivity index (χ4n) is 2.48. The summed E-state index contributed by atoms with van der Waals surface area (Å²) in [6.07, 6.45) is 1.01. The molecule has 20 heavy (non-hydrogen) atoms. The van der Waals surface area contributed by atoms with Crippen LogP contribution in [0.3, 0.4) is 0 Å². The molecule has 1 aromatic rings. The van der Waals surface area contributed by atoms with E-state index in [1.54, 1.807) is 7.05 Å². The molecule has 2 amide bonds. The number of carbonyl (C=O) groups is 1. The molecule has 1 heterocycles. The number of aryl methyl sites for hydroxylation is 1. The van der Waals surface area contributed by atoms with Crippen LogP contribution in [0.25, 0.3) is 0 Å². The lowest BCUT2D eigenvalue weighted by molar-refractivity contribution is 0.242. The number of anilines is 1. The molecule has 5 nitrogen and oxygen atoms in total. The summed E-state index contributed by atoms with van der Waals surface area (Å²) in [7, 11) is 1.63. The first-order chi connectivity index (χ1) is 9.74. The van der Waals surface area contributed by atoms with Gasteiger partial charge < -0.3 is 20.9 Å². The number of piperazine rings is 1. The van der Waals surface area contributed by atoms with Gasteiger partial charge in [-0.1, -0.05) is 19.1 Å². The van der Waals surface area contributed by atoms with Gasteiger partial charge in [-0.15, -0.1) is 0 Å². The topological polar surface area (TPSA) is 56.4 Å². The largest absolute Gasteiger partial charge is 0.369 e. The van der Waals surface area contributed by atoms with Crippen molar-refractivity contribution in [2.75, 3.05) is 38.1 Å². The summed E-state index contributed by atoms with van der Waals surface area (Å²) in [5.41, 5.74) is 3.73. The van der Waals surface area contributed by atoms with Crippen LogP contribution in [0.15, 0.2) is 18.2 Å². The lowest BCUT2D eigenvalue weighted by Gasteiger charge is -2.31. The molecular formula is C15H24N4O. The summed E-state index contributed by atoms with van der Waals surface area (Å²) in [4.78, 5) is 13.8. The fraction of sp³-hybridized carbons (Fsp3) is 0.533. The van der Waals surface area contributed by atoms with Crippen LogP contribution in [-0.4, -0.2) is 39.3 Å². The Kier molecular flexibility index (Phi) is 5.24. The van der Waals surface area contributed by atoms with E-state index in [2.05, 4.69) is 46.0 Å². The Morgan fingerprint density at radius 1 is 1.35 bits per heavy atom. The smallest absolute Gasteiger partial charge is 0.314 e. The van der Waals surface area contributed by atoms with Gasteiger partial charge in [-0.05, 0) is 23.6 Å². The second kappa shape index (κ2) is 7.14. The highest BCUT2D eigenvalue weighted by atomic mass is 16.2. The first-order valence-electron chi connectivity index (χ1n) is 7.27. The molecular weight excluding hydrogens is 252 g/mol. The van der Waals surface area contributed by atoms with Crippen molar-refractivity contribution in [2.24, 2.45) is 0 Å². The van der Waals surface area contributed by atoms with E-state index in [9.17, 15) is 4.79 Å². The van der Waals surface area contributed by atoms with Gasteiger partial charge in [0.15, 0.2) is 0 Å². The van der Waals surface area contributed by atoms with E-state index < -0.39 is 0 Å². The maximum atomic E-state index is 11.4. The average Bonchev–Trinajstić information content (AvgIpc) is 2.53. The van der Waals surface area contributed by atoms with Crippen LogP contribution in [0.4, 0.5) is 10.5 Å². The van der Waals surface area contributed by atoms with E-state index >= 15 is 0 Å². The van der Waals surface area contributed by atoms with Crippen molar-refractivity contribution >= 4 is 11.7 Å². The molecule has 0 unspecified atom stereocenters. The number of amides is 2. The number of urea groups is 1. The van der Waals surface area contributed by atoms with Gasteiger partial charge in [0.2, 0.25) is 0 Å². The van der Waals surface area contributed by atoms with Crippen molar-refractivity contribution in [1.29, 1.82) is 0 Å². The third-order valence-corrected chi connectivity index (χ3v) is 3.68. The van der Waals surface area contributed by atoms with Crippen molar-refractivity contribution in [3.63, 3.8) is 0 Å². The highest BCUT2D eigenvalue weighted by Crippen LogP contribution is 2.23.